The van der Waals surface area contributed by atoms with Crippen LogP contribution >= 0.6 is 0 Å². The summed E-state index contributed by atoms with van der Waals surface area (Å²) in [5.74, 6) is -0.244. The zero-order valence-electron chi connectivity index (χ0n) is 13.3. The van der Waals surface area contributed by atoms with Crippen molar-refractivity contribution in [2.45, 2.75) is 26.1 Å². The molecule has 0 saturated carbocycles. The van der Waals surface area contributed by atoms with Gasteiger partial charge >= 0.3 is 6.18 Å². The van der Waals surface area contributed by atoms with E-state index in [4.69, 9.17) is 0 Å². The Morgan fingerprint density at radius 1 is 1.08 bits per heavy atom. The van der Waals surface area contributed by atoms with E-state index in [2.05, 4.69) is 16.7 Å². The first-order chi connectivity index (χ1) is 11.3. The maximum Gasteiger partial charge on any atom is 0.416 e. The number of amides is 1. The molecule has 0 bridgehead atoms. The summed E-state index contributed by atoms with van der Waals surface area (Å²) in [7, 11) is 0. The minimum Gasteiger partial charge on any atom is -0.326 e. The van der Waals surface area contributed by atoms with Crippen LogP contribution in [0, 0.1) is 6.92 Å². The van der Waals surface area contributed by atoms with Crippen molar-refractivity contribution in [1.82, 2.24) is 5.32 Å². The lowest BCUT2D eigenvalue weighted by Crippen LogP contribution is -2.21. The summed E-state index contributed by atoms with van der Waals surface area (Å²) >= 11 is 0. The highest BCUT2D eigenvalue weighted by Crippen LogP contribution is 2.29. The van der Waals surface area contributed by atoms with Gasteiger partial charge in [-0.15, -0.1) is 0 Å². The third-order valence-corrected chi connectivity index (χ3v) is 3.44. The fourth-order valence-electron chi connectivity index (χ4n) is 2.22. The van der Waals surface area contributed by atoms with Crippen molar-refractivity contribution in [2.24, 2.45) is 0 Å². The second-order valence-electron chi connectivity index (χ2n) is 5.54. The molecule has 2 N–H and O–H groups in total. The molecular formula is C18H19F3N2O. The van der Waals surface area contributed by atoms with Crippen LogP contribution in [0.15, 0.2) is 48.5 Å². The fourth-order valence-corrected chi connectivity index (χ4v) is 2.22. The molecule has 0 unspecified atom stereocenters. The number of rotatable bonds is 6. The lowest BCUT2D eigenvalue weighted by Gasteiger charge is -2.09. The smallest absolute Gasteiger partial charge is 0.326 e. The number of nitrogens with one attached hydrogen (secondary N) is 2. The van der Waals surface area contributed by atoms with Crippen molar-refractivity contribution in [3.8, 4) is 0 Å². The van der Waals surface area contributed by atoms with E-state index in [-0.39, 0.29) is 12.3 Å². The summed E-state index contributed by atoms with van der Waals surface area (Å²) in [5.41, 5.74) is 1.93. The Hall–Kier alpha value is -2.34. The minimum atomic E-state index is -4.37. The number of halogens is 3. The molecule has 0 atom stereocenters. The number of benzene rings is 2. The van der Waals surface area contributed by atoms with Crippen LogP contribution in [-0.4, -0.2) is 12.5 Å². The highest BCUT2D eigenvalue weighted by Gasteiger charge is 2.29. The standard InChI is InChI=1S/C18H19F3N2O/c1-13-3-2-4-14(11-13)12-22-10-9-17(24)23-16-7-5-15(6-8-16)18(19,20)21/h2-8,11,22H,9-10,12H2,1H3,(H,23,24). The van der Waals surface area contributed by atoms with Gasteiger partial charge < -0.3 is 10.6 Å². The Labute approximate surface area is 138 Å². The monoisotopic (exact) mass is 336 g/mol. The summed E-state index contributed by atoms with van der Waals surface area (Å²) in [6.45, 7) is 3.16. The van der Waals surface area contributed by atoms with Gasteiger partial charge in [-0.05, 0) is 36.8 Å². The summed E-state index contributed by atoms with van der Waals surface area (Å²) in [6.07, 6.45) is -4.13. The van der Waals surface area contributed by atoms with Crippen LogP contribution < -0.4 is 10.6 Å². The van der Waals surface area contributed by atoms with Crippen LogP contribution in [0.1, 0.15) is 23.1 Å². The van der Waals surface area contributed by atoms with E-state index in [1.54, 1.807) is 0 Å². The number of carbonyl (C=O) groups is 1. The minimum absolute atomic E-state index is 0.243. The molecular weight excluding hydrogens is 317 g/mol. The van der Waals surface area contributed by atoms with E-state index in [0.717, 1.165) is 17.7 Å². The van der Waals surface area contributed by atoms with Crippen LogP contribution in [0.25, 0.3) is 0 Å². The molecule has 0 heterocycles. The number of hydrogen-bond acceptors (Lipinski definition) is 2. The Morgan fingerprint density at radius 3 is 2.42 bits per heavy atom. The van der Waals surface area contributed by atoms with Gasteiger partial charge in [0.05, 0.1) is 5.56 Å². The molecule has 0 spiro atoms. The van der Waals surface area contributed by atoms with Gasteiger partial charge in [0.25, 0.3) is 0 Å². The molecule has 24 heavy (non-hydrogen) atoms. The molecule has 6 heteroatoms. The Bertz CT molecular complexity index is 681. The molecule has 0 fully saturated rings. The Kier molecular flexibility index (Phi) is 5.98. The van der Waals surface area contributed by atoms with Crippen LogP contribution in [0.5, 0.6) is 0 Å². The topological polar surface area (TPSA) is 41.1 Å². The van der Waals surface area contributed by atoms with E-state index in [1.165, 1.54) is 17.7 Å². The number of hydrogen-bond donors (Lipinski definition) is 2. The maximum atomic E-state index is 12.5. The molecule has 2 aromatic carbocycles. The second-order valence-corrected chi connectivity index (χ2v) is 5.54. The molecule has 3 nitrogen and oxygen atoms in total. The Morgan fingerprint density at radius 2 is 1.79 bits per heavy atom. The van der Waals surface area contributed by atoms with Crippen LogP contribution in [0.3, 0.4) is 0 Å². The molecule has 0 saturated heterocycles. The first-order valence-electron chi connectivity index (χ1n) is 7.58. The molecule has 128 valence electrons. The van der Waals surface area contributed by atoms with Crippen molar-refractivity contribution in [3.05, 3.63) is 65.2 Å². The first kappa shape index (κ1) is 18.0. The predicted molar refractivity (Wildman–Crippen MR) is 87.6 cm³/mol. The molecule has 2 rings (SSSR count). The van der Waals surface area contributed by atoms with Gasteiger partial charge in [0.1, 0.15) is 0 Å². The highest BCUT2D eigenvalue weighted by atomic mass is 19.4. The van der Waals surface area contributed by atoms with Gasteiger partial charge in [0, 0.05) is 25.2 Å². The van der Waals surface area contributed by atoms with E-state index in [1.807, 2.05) is 25.1 Å². The van der Waals surface area contributed by atoms with E-state index in [0.29, 0.717) is 18.8 Å². The van der Waals surface area contributed by atoms with Gasteiger partial charge in [-0.3, -0.25) is 4.79 Å². The second kappa shape index (κ2) is 7.97. The highest BCUT2D eigenvalue weighted by molar-refractivity contribution is 5.90. The molecule has 0 aliphatic carbocycles. The van der Waals surface area contributed by atoms with E-state index < -0.39 is 11.7 Å². The van der Waals surface area contributed by atoms with Crippen molar-refractivity contribution in [3.63, 3.8) is 0 Å². The normalized spacial score (nSPS) is 11.3. The fraction of sp³-hybridized carbons (Fsp3) is 0.278. The third kappa shape index (κ3) is 5.70. The average Bonchev–Trinajstić information content (AvgIpc) is 2.51. The van der Waals surface area contributed by atoms with Gasteiger partial charge in [0.2, 0.25) is 5.91 Å². The van der Waals surface area contributed by atoms with Crippen molar-refractivity contribution in [2.75, 3.05) is 11.9 Å². The molecule has 0 radical (unpaired) electrons. The number of carbonyl (C=O) groups excluding carboxylic acids is 1. The van der Waals surface area contributed by atoms with Crippen LogP contribution in [0.2, 0.25) is 0 Å². The van der Waals surface area contributed by atoms with Crippen molar-refractivity contribution in [1.29, 1.82) is 0 Å². The van der Waals surface area contributed by atoms with Crippen LogP contribution in [0.4, 0.5) is 18.9 Å². The average molecular weight is 336 g/mol. The summed E-state index contributed by atoms with van der Waals surface area (Å²) in [5, 5.41) is 5.75. The van der Waals surface area contributed by atoms with Crippen molar-refractivity contribution >= 4 is 11.6 Å². The first-order valence-corrected chi connectivity index (χ1v) is 7.58. The maximum absolute atomic E-state index is 12.5. The summed E-state index contributed by atoms with van der Waals surface area (Å²) in [6, 6.07) is 12.5. The zero-order valence-corrected chi connectivity index (χ0v) is 13.3. The van der Waals surface area contributed by atoms with Gasteiger partial charge in [0.15, 0.2) is 0 Å². The lowest BCUT2D eigenvalue weighted by atomic mass is 10.1. The molecule has 1 amide bonds. The molecule has 0 aromatic heterocycles. The zero-order chi connectivity index (χ0) is 17.6. The molecule has 0 aliphatic heterocycles. The number of aryl methyl sites for hydroxylation is 1. The van der Waals surface area contributed by atoms with E-state index >= 15 is 0 Å². The summed E-state index contributed by atoms with van der Waals surface area (Å²) < 4.78 is 37.4. The van der Waals surface area contributed by atoms with Crippen molar-refractivity contribution < 1.29 is 18.0 Å². The van der Waals surface area contributed by atoms with Gasteiger partial charge in [-0.2, -0.15) is 13.2 Å². The Balaban J connectivity index is 1.73. The molecule has 2 aromatic rings. The third-order valence-electron chi connectivity index (χ3n) is 3.44. The van der Waals surface area contributed by atoms with Gasteiger partial charge in [-0.25, -0.2) is 0 Å². The van der Waals surface area contributed by atoms with Gasteiger partial charge in [-0.1, -0.05) is 29.8 Å². The summed E-state index contributed by atoms with van der Waals surface area (Å²) in [4.78, 5) is 11.8. The number of alkyl halides is 3. The lowest BCUT2D eigenvalue weighted by molar-refractivity contribution is -0.137. The SMILES string of the molecule is Cc1cccc(CNCCC(=O)Nc2ccc(C(F)(F)F)cc2)c1. The van der Waals surface area contributed by atoms with E-state index in [9.17, 15) is 18.0 Å². The quantitative estimate of drug-likeness (QED) is 0.779. The number of anilines is 1. The molecule has 0 aliphatic rings. The predicted octanol–water partition coefficient (Wildman–Crippen LogP) is 4.13. The largest absolute Gasteiger partial charge is 0.416 e. The van der Waals surface area contributed by atoms with Crippen LogP contribution in [-0.2, 0) is 17.5 Å².